The summed E-state index contributed by atoms with van der Waals surface area (Å²) in [6.07, 6.45) is 5.93. The number of rotatable bonds is 12. The molecule has 0 bridgehead atoms. The first-order valence-corrected chi connectivity index (χ1v) is 12.2. The second-order valence-electron chi connectivity index (χ2n) is 8.56. The van der Waals surface area contributed by atoms with Gasteiger partial charge in [0.05, 0.1) is 18.0 Å². The standard InChI is InChI=1S/C30H32N2O2/c1-24(33)16-8-3-2-4-15-23-34-30-31-28(25-17-9-5-10-18-25)29(26-19-11-6-12-20-26)32(30)27-21-13-7-14-22-27/h5-7,9-14,17-22H,2-4,8,15-16,23H2,1H3. The van der Waals surface area contributed by atoms with Gasteiger partial charge in [-0.1, -0.05) is 98.1 Å². The van der Waals surface area contributed by atoms with Crippen LogP contribution in [-0.4, -0.2) is 21.9 Å². The van der Waals surface area contributed by atoms with Gasteiger partial charge in [0.15, 0.2) is 0 Å². The van der Waals surface area contributed by atoms with Gasteiger partial charge in [0.1, 0.15) is 11.5 Å². The number of unbranched alkanes of at least 4 members (excludes halogenated alkanes) is 4. The topological polar surface area (TPSA) is 44.1 Å². The molecule has 4 heteroatoms. The lowest BCUT2D eigenvalue weighted by Crippen LogP contribution is -2.05. The number of nitrogens with zero attached hydrogens (tertiary/aromatic N) is 2. The molecule has 34 heavy (non-hydrogen) atoms. The van der Waals surface area contributed by atoms with Crippen LogP contribution >= 0.6 is 0 Å². The number of hydrogen-bond acceptors (Lipinski definition) is 3. The predicted molar refractivity (Wildman–Crippen MR) is 138 cm³/mol. The Labute approximate surface area is 202 Å². The van der Waals surface area contributed by atoms with Crippen LogP contribution in [0.3, 0.4) is 0 Å². The van der Waals surface area contributed by atoms with Gasteiger partial charge >= 0.3 is 6.01 Å². The summed E-state index contributed by atoms with van der Waals surface area (Å²) in [6, 6.07) is 31.5. The van der Waals surface area contributed by atoms with E-state index in [1.54, 1.807) is 6.92 Å². The van der Waals surface area contributed by atoms with Gasteiger partial charge in [0.2, 0.25) is 0 Å². The highest BCUT2D eigenvalue weighted by atomic mass is 16.5. The van der Waals surface area contributed by atoms with Crippen molar-refractivity contribution in [2.45, 2.75) is 45.4 Å². The van der Waals surface area contributed by atoms with Gasteiger partial charge in [0, 0.05) is 17.5 Å². The van der Waals surface area contributed by atoms with Gasteiger partial charge < -0.3 is 9.53 Å². The number of ketones is 1. The van der Waals surface area contributed by atoms with Crippen LogP contribution in [-0.2, 0) is 4.79 Å². The van der Waals surface area contributed by atoms with Crippen molar-refractivity contribution in [2.75, 3.05) is 6.61 Å². The lowest BCUT2D eigenvalue weighted by Gasteiger charge is -2.13. The zero-order chi connectivity index (χ0) is 23.6. The summed E-state index contributed by atoms with van der Waals surface area (Å²) in [7, 11) is 0. The van der Waals surface area contributed by atoms with E-state index in [0.717, 1.165) is 60.3 Å². The molecule has 4 rings (SSSR count). The second-order valence-corrected chi connectivity index (χ2v) is 8.56. The van der Waals surface area contributed by atoms with Gasteiger partial charge in [0.25, 0.3) is 0 Å². The molecule has 0 amide bonds. The van der Waals surface area contributed by atoms with Gasteiger partial charge in [-0.05, 0) is 31.9 Å². The van der Waals surface area contributed by atoms with E-state index in [0.29, 0.717) is 19.0 Å². The van der Waals surface area contributed by atoms with Crippen molar-refractivity contribution in [1.82, 2.24) is 9.55 Å². The largest absolute Gasteiger partial charge is 0.464 e. The van der Waals surface area contributed by atoms with E-state index in [-0.39, 0.29) is 5.78 Å². The average Bonchev–Trinajstić information content (AvgIpc) is 3.26. The van der Waals surface area contributed by atoms with Crippen LogP contribution in [0.2, 0.25) is 0 Å². The molecule has 0 spiro atoms. The number of hydrogen-bond donors (Lipinski definition) is 0. The van der Waals surface area contributed by atoms with Crippen LogP contribution in [0.1, 0.15) is 45.4 Å². The number of ether oxygens (including phenoxy) is 1. The first-order valence-electron chi connectivity index (χ1n) is 12.2. The SMILES string of the molecule is CC(=O)CCCCCCCOc1nc(-c2ccccc2)c(-c2ccccc2)n1-c1ccccc1. The van der Waals surface area contributed by atoms with E-state index in [9.17, 15) is 4.79 Å². The molecule has 4 nitrogen and oxygen atoms in total. The molecule has 1 heterocycles. The summed E-state index contributed by atoms with van der Waals surface area (Å²) in [4.78, 5) is 16.1. The lowest BCUT2D eigenvalue weighted by molar-refractivity contribution is -0.117. The molecule has 1 aromatic heterocycles. The quantitative estimate of drug-likeness (QED) is 0.209. The van der Waals surface area contributed by atoms with Crippen molar-refractivity contribution < 1.29 is 9.53 Å². The third-order valence-electron chi connectivity index (χ3n) is 5.86. The zero-order valence-electron chi connectivity index (χ0n) is 19.8. The van der Waals surface area contributed by atoms with E-state index in [1.807, 2.05) is 42.5 Å². The minimum Gasteiger partial charge on any atom is -0.464 e. The molecule has 3 aromatic carbocycles. The van der Waals surface area contributed by atoms with Crippen LogP contribution in [0.4, 0.5) is 0 Å². The molecule has 174 valence electrons. The van der Waals surface area contributed by atoms with E-state index in [2.05, 4.69) is 53.1 Å². The Kier molecular flexibility index (Phi) is 8.28. The van der Waals surface area contributed by atoms with Crippen molar-refractivity contribution in [3.05, 3.63) is 91.0 Å². The number of carbonyl (C=O) groups excluding carboxylic acids is 1. The molecule has 0 aliphatic rings. The third kappa shape index (κ3) is 6.02. The number of carbonyl (C=O) groups is 1. The van der Waals surface area contributed by atoms with Gasteiger partial charge in [-0.2, -0.15) is 4.98 Å². The highest BCUT2D eigenvalue weighted by molar-refractivity contribution is 5.81. The normalized spacial score (nSPS) is 10.9. The molecule has 0 saturated carbocycles. The molecule has 4 aromatic rings. The summed E-state index contributed by atoms with van der Waals surface area (Å²) < 4.78 is 8.43. The Bertz CT molecular complexity index is 1170. The minimum absolute atomic E-state index is 0.277. The van der Waals surface area contributed by atoms with Gasteiger partial charge in [-0.25, -0.2) is 0 Å². The highest BCUT2D eigenvalue weighted by Crippen LogP contribution is 2.37. The molecule has 0 saturated heterocycles. The Morgan fingerprint density at radius 1 is 0.735 bits per heavy atom. The highest BCUT2D eigenvalue weighted by Gasteiger charge is 2.22. The fourth-order valence-electron chi connectivity index (χ4n) is 4.14. The van der Waals surface area contributed by atoms with Gasteiger partial charge in [-0.15, -0.1) is 0 Å². The second kappa shape index (κ2) is 12.0. The number of aromatic nitrogens is 2. The molecule has 0 aliphatic carbocycles. The summed E-state index contributed by atoms with van der Waals surface area (Å²) >= 11 is 0. The number of imidazole rings is 1. The van der Waals surface area contributed by atoms with Crippen LogP contribution in [0.5, 0.6) is 6.01 Å². The predicted octanol–water partition coefficient (Wildman–Crippen LogP) is 7.51. The van der Waals surface area contributed by atoms with Crippen LogP contribution in [0, 0.1) is 0 Å². The van der Waals surface area contributed by atoms with E-state index >= 15 is 0 Å². The maximum absolute atomic E-state index is 11.1. The maximum atomic E-state index is 11.1. The van der Waals surface area contributed by atoms with Crippen LogP contribution < -0.4 is 4.74 Å². The molecule has 0 unspecified atom stereocenters. The smallest absolute Gasteiger partial charge is 0.302 e. The van der Waals surface area contributed by atoms with Crippen LogP contribution in [0.15, 0.2) is 91.0 Å². The van der Waals surface area contributed by atoms with E-state index in [4.69, 9.17) is 9.72 Å². The van der Waals surface area contributed by atoms with Crippen molar-refractivity contribution in [1.29, 1.82) is 0 Å². The molecule has 0 N–H and O–H groups in total. The Balaban J connectivity index is 1.61. The Hall–Kier alpha value is -3.66. The van der Waals surface area contributed by atoms with Crippen molar-refractivity contribution in [2.24, 2.45) is 0 Å². The number of para-hydroxylation sites is 1. The molecule has 0 fully saturated rings. The Morgan fingerprint density at radius 3 is 1.94 bits per heavy atom. The van der Waals surface area contributed by atoms with Gasteiger partial charge in [-0.3, -0.25) is 4.57 Å². The molecule has 0 radical (unpaired) electrons. The monoisotopic (exact) mass is 452 g/mol. The van der Waals surface area contributed by atoms with E-state index < -0.39 is 0 Å². The first-order chi connectivity index (χ1) is 16.7. The van der Waals surface area contributed by atoms with E-state index in [1.165, 1.54) is 0 Å². The fraction of sp³-hybridized carbons (Fsp3) is 0.267. The maximum Gasteiger partial charge on any atom is 0.302 e. The summed E-state index contributed by atoms with van der Waals surface area (Å²) in [5.41, 5.74) is 5.12. The van der Waals surface area contributed by atoms with Crippen molar-refractivity contribution in [3.8, 4) is 34.2 Å². The van der Waals surface area contributed by atoms with Crippen molar-refractivity contribution >= 4 is 5.78 Å². The zero-order valence-corrected chi connectivity index (χ0v) is 19.8. The lowest BCUT2D eigenvalue weighted by atomic mass is 10.0. The van der Waals surface area contributed by atoms with Crippen molar-refractivity contribution in [3.63, 3.8) is 0 Å². The average molecular weight is 453 g/mol. The van der Waals surface area contributed by atoms with Crippen LogP contribution in [0.25, 0.3) is 28.2 Å². The summed E-state index contributed by atoms with van der Waals surface area (Å²) in [5, 5.41) is 0. The molecular formula is C30H32N2O2. The molecular weight excluding hydrogens is 420 g/mol. The Morgan fingerprint density at radius 2 is 1.29 bits per heavy atom. The number of Topliss-reactive ketones (excluding diaryl/α,β-unsaturated/α-hetero) is 1. The summed E-state index contributed by atoms with van der Waals surface area (Å²) in [5.74, 6) is 0.277. The molecule has 0 aliphatic heterocycles. The molecule has 0 atom stereocenters. The summed E-state index contributed by atoms with van der Waals surface area (Å²) in [6.45, 7) is 2.27. The minimum atomic E-state index is 0.277. The third-order valence-corrected chi connectivity index (χ3v) is 5.86. The first kappa shape index (κ1) is 23.5. The fourth-order valence-corrected chi connectivity index (χ4v) is 4.14. The number of benzene rings is 3.